The fraction of sp³-hybridized carbons (Fsp3) is 0.647. The van der Waals surface area contributed by atoms with Gasteiger partial charge in [0.2, 0.25) is 0 Å². The van der Waals surface area contributed by atoms with E-state index in [4.69, 9.17) is 14.2 Å². The molecule has 1 aromatic rings. The molecule has 0 saturated carbocycles. The number of aryl methyl sites for hydroxylation is 1. The second-order valence-corrected chi connectivity index (χ2v) is 7.15. The molecule has 2 aliphatic heterocycles. The SMILES string of the molecule is Cc1cccc([C@]23CCN(C(=O)OC(C)(C)C)C[C@H]2OCO3)n1. The van der Waals surface area contributed by atoms with Crippen molar-refractivity contribution in [1.82, 2.24) is 9.88 Å². The van der Waals surface area contributed by atoms with Crippen LogP contribution in [0.4, 0.5) is 4.79 Å². The average Bonchev–Trinajstić information content (AvgIpc) is 2.89. The van der Waals surface area contributed by atoms with Crippen LogP contribution in [0.5, 0.6) is 0 Å². The minimum absolute atomic E-state index is 0.224. The van der Waals surface area contributed by atoms with Gasteiger partial charge >= 0.3 is 6.09 Å². The molecule has 1 aromatic heterocycles. The van der Waals surface area contributed by atoms with Crippen molar-refractivity contribution >= 4 is 6.09 Å². The molecule has 6 nitrogen and oxygen atoms in total. The van der Waals surface area contributed by atoms with Gasteiger partial charge in [-0.25, -0.2) is 4.79 Å². The molecule has 0 unspecified atom stereocenters. The standard InChI is InChI=1S/C17H24N2O4/c1-12-6-5-7-13(18-12)17-8-9-19(10-14(17)21-11-22-17)15(20)23-16(2,3)4/h5-7,14H,8-11H2,1-4H3/t14-,17-/m1/s1. The number of carbonyl (C=O) groups is 1. The highest BCUT2D eigenvalue weighted by molar-refractivity contribution is 5.68. The Hall–Kier alpha value is -1.66. The third-order valence-corrected chi connectivity index (χ3v) is 4.22. The molecular weight excluding hydrogens is 296 g/mol. The molecule has 0 bridgehead atoms. The number of pyridine rings is 1. The van der Waals surface area contributed by atoms with E-state index in [9.17, 15) is 4.79 Å². The molecule has 0 aromatic carbocycles. The third kappa shape index (κ3) is 3.19. The van der Waals surface area contributed by atoms with E-state index in [1.807, 2.05) is 45.9 Å². The third-order valence-electron chi connectivity index (χ3n) is 4.22. The molecule has 2 saturated heterocycles. The van der Waals surface area contributed by atoms with Crippen LogP contribution in [0.3, 0.4) is 0 Å². The molecule has 2 atom stereocenters. The maximum Gasteiger partial charge on any atom is 0.410 e. The molecule has 2 aliphatic rings. The van der Waals surface area contributed by atoms with Crippen molar-refractivity contribution in [3.05, 3.63) is 29.6 Å². The van der Waals surface area contributed by atoms with Crippen molar-refractivity contribution in [2.24, 2.45) is 0 Å². The topological polar surface area (TPSA) is 60.9 Å². The quantitative estimate of drug-likeness (QED) is 0.796. The van der Waals surface area contributed by atoms with E-state index in [1.165, 1.54) is 0 Å². The molecule has 3 heterocycles. The molecule has 0 N–H and O–H groups in total. The Balaban J connectivity index is 1.78. The number of rotatable bonds is 1. The van der Waals surface area contributed by atoms with Gasteiger partial charge < -0.3 is 19.1 Å². The first kappa shape index (κ1) is 16.2. The minimum Gasteiger partial charge on any atom is -0.444 e. The highest BCUT2D eigenvalue weighted by Crippen LogP contribution is 2.41. The number of amides is 1. The number of aromatic nitrogens is 1. The van der Waals surface area contributed by atoms with Crippen molar-refractivity contribution in [3.8, 4) is 0 Å². The van der Waals surface area contributed by atoms with Gasteiger partial charge in [0.15, 0.2) is 0 Å². The maximum atomic E-state index is 12.3. The fourth-order valence-electron chi connectivity index (χ4n) is 3.11. The molecule has 0 spiro atoms. The summed E-state index contributed by atoms with van der Waals surface area (Å²) in [4.78, 5) is 18.6. The minimum atomic E-state index is -0.565. The average molecular weight is 320 g/mol. The summed E-state index contributed by atoms with van der Waals surface area (Å²) in [5.74, 6) is 0. The van der Waals surface area contributed by atoms with Gasteiger partial charge in [0.1, 0.15) is 24.1 Å². The molecule has 23 heavy (non-hydrogen) atoms. The number of fused-ring (bicyclic) bond motifs is 1. The molecule has 0 radical (unpaired) electrons. The first-order valence-electron chi connectivity index (χ1n) is 7.98. The Bertz CT molecular complexity index is 599. The smallest absolute Gasteiger partial charge is 0.410 e. The molecule has 126 valence electrons. The van der Waals surface area contributed by atoms with Crippen LogP contribution in [0, 0.1) is 6.92 Å². The predicted molar refractivity (Wildman–Crippen MR) is 83.9 cm³/mol. The van der Waals surface area contributed by atoms with Crippen LogP contribution in [0.1, 0.15) is 38.6 Å². The van der Waals surface area contributed by atoms with E-state index in [0.29, 0.717) is 19.5 Å². The summed E-state index contributed by atoms with van der Waals surface area (Å²) in [6.07, 6.45) is 0.116. The Morgan fingerprint density at radius 3 is 2.91 bits per heavy atom. The van der Waals surface area contributed by atoms with Crippen LogP contribution in [0.15, 0.2) is 18.2 Å². The summed E-state index contributed by atoms with van der Waals surface area (Å²) in [7, 11) is 0. The van der Waals surface area contributed by atoms with Crippen molar-refractivity contribution in [1.29, 1.82) is 0 Å². The number of ether oxygens (including phenoxy) is 3. The lowest BCUT2D eigenvalue weighted by Crippen LogP contribution is -2.54. The van der Waals surface area contributed by atoms with Gasteiger partial charge in [-0.15, -0.1) is 0 Å². The lowest BCUT2D eigenvalue weighted by atomic mass is 9.85. The highest BCUT2D eigenvalue weighted by Gasteiger charge is 2.52. The fourth-order valence-corrected chi connectivity index (χ4v) is 3.11. The summed E-state index contributed by atoms with van der Waals surface area (Å²) >= 11 is 0. The monoisotopic (exact) mass is 320 g/mol. The summed E-state index contributed by atoms with van der Waals surface area (Å²) in [6.45, 7) is 8.79. The highest BCUT2D eigenvalue weighted by atomic mass is 16.7. The number of hydrogen-bond donors (Lipinski definition) is 0. The number of likely N-dealkylation sites (tertiary alicyclic amines) is 1. The van der Waals surface area contributed by atoms with E-state index in [1.54, 1.807) is 4.90 Å². The second-order valence-electron chi connectivity index (χ2n) is 7.15. The van der Waals surface area contributed by atoms with Crippen molar-refractivity contribution in [2.45, 2.75) is 51.4 Å². The normalized spacial score (nSPS) is 27.7. The summed E-state index contributed by atoms with van der Waals surface area (Å²) in [5, 5.41) is 0. The van der Waals surface area contributed by atoms with Gasteiger partial charge in [-0.05, 0) is 39.8 Å². The zero-order chi connectivity index (χ0) is 16.7. The zero-order valence-corrected chi connectivity index (χ0v) is 14.2. The van der Waals surface area contributed by atoms with Gasteiger partial charge in [-0.2, -0.15) is 0 Å². The summed E-state index contributed by atoms with van der Waals surface area (Å²) in [5.41, 5.74) is 0.755. The van der Waals surface area contributed by atoms with Gasteiger partial charge in [0.05, 0.1) is 12.2 Å². The van der Waals surface area contributed by atoms with E-state index in [2.05, 4.69) is 4.98 Å². The molecule has 3 rings (SSSR count). The lowest BCUT2D eigenvalue weighted by Gasteiger charge is -2.41. The largest absolute Gasteiger partial charge is 0.444 e. The van der Waals surface area contributed by atoms with Gasteiger partial charge in [-0.1, -0.05) is 6.07 Å². The number of piperidine rings is 1. The van der Waals surface area contributed by atoms with E-state index in [0.717, 1.165) is 11.4 Å². The van der Waals surface area contributed by atoms with Crippen LogP contribution >= 0.6 is 0 Å². The van der Waals surface area contributed by atoms with E-state index >= 15 is 0 Å². The van der Waals surface area contributed by atoms with Crippen molar-refractivity contribution < 1.29 is 19.0 Å². The van der Waals surface area contributed by atoms with Crippen LogP contribution in [0.2, 0.25) is 0 Å². The zero-order valence-electron chi connectivity index (χ0n) is 14.2. The summed E-state index contributed by atoms with van der Waals surface area (Å²) in [6, 6.07) is 5.91. The Labute approximate surface area is 136 Å². The van der Waals surface area contributed by atoms with Crippen LogP contribution in [-0.4, -0.2) is 47.6 Å². The molecular formula is C17H24N2O4. The van der Waals surface area contributed by atoms with Crippen molar-refractivity contribution in [3.63, 3.8) is 0 Å². The first-order chi connectivity index (χ1) is 10.8. The molecule has 1 amide bonds. The van der Waals surface area contributed by atoms with Crippen LogP contribution in [0.25, 0.3) is 0 Å². The Kier molecular flexibility index (Phi) is 4.06. The van der Waals surface area contributed by atoms with E-state index in [-0.39, 0.29) is 19.0 Å². The Morgan fingerprint density at radius 2 is 2.22 bits per heavy atom. The Morgan fingerprint density at radius 1 is 1.43 bits per heavy atom. The van der Waals surface area contributed by atoms with Crippen molar-refractivity contribution in [2.75, 3.05) is 19.9 Å². The first-order valence-corrected chi connectivity index (χ1v) is 7.98. The lowest BCUT2D eigenvalue weighted by molar-refractivity contribution is -0.0564. The predicted octanol–water partition coefficient (Wildman–Crippen LogP) is 2.60. The molecule has 0 aliphatic carbocycles. The molecule has 6 heteroatoms. The van der Waals surface area contributed by atoms with Crippen LogP contribution in [-0.2, 0) is 19.8 Å². The number of nitrogens with zero attached hydrogens (tertiary/aromatic N) is 2. The van der Waals surface area contributed by atoms with Gasteiger partial charge in [0, 0.05) is 18.7 Å². The van der Waals surface area contributed by atoms with Gasteiger partial charge in [-0.3, -0.25) is 4.98 Å². The van der Waals surface area contributed by atoms with Crippen LogP contribution < -0.4 is 0 Å². The van der Waals surface area contributed by atoms with E-state index < -0.39 is 11.2 Å². The summed E-state index contributed by atoms with van der Waals surface area (Å²) < 4.78 is 17.2. The number of hydrogen-bond acceptors (Lipinski definition) is 5. The molecule has 2 fully saturated rings. The second kappa shape index (κ2) is 5.76. The maximum absolute atomic E-state index is 12.3. The number of carbonyl (C=O) groups excluding carboxylic acids is 1. The van der Waals surface area contributed by atoms with Gasteiger partial charge in [0.25, 0.3) is 0 Å².